The summed E-state index contributed by atoms with van der Waals surface area (Å²) in [5.41, 5.74) is 0.0719. The van der Waals surface area contributed by atoms with Crippen molar-refractivity contribution >= 4 is 17.4 Å². The van der Waals surface area contributed by atoms with Crippen LogP contribution in [-0.2, 0) is 0 Å². The third-order valence-electron chi connectivity index (χ3n) is 2.80. The molecule has 0 saturated heterocycles. The van der Waals surface area contributed by atoms with Gasteiger partial charge in [-0.1, -0.05) is 24.6 Å². The fourth-order valence-corrected chi connectivity index (χ4v) is 3.21. The van der Waals surface area contributed by atoms with Gasteiger partial charge < -0.3 is 4.74 Å². The molecule has 0 spiro atoms. The molecule has 0 unspecified atom stereocenters. The van der Waals surface area contributed by atoms with Gasteiger partial charge in [0.25, 0.3) is 0 Å². The monoisotopic (exact) mass is 254 g/mol. The molecule has 0 aromatic carbocycles. The molecular weight excluding hydrogens is 240 g/mol. The molecule has 6 heteroatoms. The van der Waals surface area contributed by atoms with Crippen LogP contribution in [0.4, 0.5) is 5.69 Å². The van der Waals surface area contributed by atoms with Crippen molar-refractivity contribution in [1.29, 1.82) is 0 Å². The van der Waals surface area contributed by atoms with Gasteiger partial charge in [0.15, 0.2) is 5.03 Å². The Morgan fingerprint density at radius 3 is 2.76 bits per heavy atom. The van der Waals surface area contributed by atoms with Crippen molar-refractivity contribution in [3.63, 3.8) is 0 Å². The van der Waals surface area contributed by atoms with Gasteiger partial charge in [-0.2, -0.15) is 4.98 Å². The molecule has 0 atom stereocenters. The third-order valence-corrected chi connectivity index (χ3v) is 4.13. The first kappa shape index (κ1) is 12.2. The summed E-state index contributed by atoms with van der Waals surface area (Å²) in [6.07, 6.45) is 4.63. The maximum Gasteiger partial charge on any atom is 0.301 e. The zero-order chi connectivity index (χ0) is 12.3. The summed E-state index contributed by atoms with van der Waals surface area (Å²) in [5, 5.41) is 11.8. The second-order valence-electron chi connectivity index (χ2n) is 3.96. The average molecular weight is 254 g/mol. The molecule has 1 aromatic rings. The van der Waals surface area contributed by atoms with Crippen LogP contribution in [0.1, 0.15) is 25.7 Å². The number of methoxy groups -OCH3 is 1. The van der Waals surface area contributed by atoms with Gasteiger partial charge in [0.05, 0.1) is 12.0 Å². The maximum atomic E-state index is 10.9. The number of ether oxygens (including phenoxy) is 1. The molecular formula is C11H14N2O3S. The summed E-state index contributed by atoms with van der Waals surface area (Å²) < 4.78 is 5.01. The van der Waals surface area contributed by atoms with E-state index in [1.54, 1.807) is 0 Å². The molecule has 0 aliphatic heterocycles. The lowest BCUT2D eigenvalue weighted by atomic mass is 10.4. The van der Waals surface area contributed by atoms with Gasteiger partial charge in [0, 0.05) is 17.4 Å². The van der Waals surface area contributed by atoms with Crippen molar-refractivity contribution < 1.29 is 9.66 Å². The lowest BCUT2D eigenvalue weighted by molar-refractivity contribution is -0.388. The number of pyridine rings is 1. The molecule has 2 rings (SSSR count). The van der Waals surface area contributed by atoms with E-state index >= 15 is 0 Å². The molecule has 1 aliphatic carbocycles. The molecule has 0 amide bonds. The highest BCUT2D eigenvalue weighted by molar-refractivity contribution is 8.00. The minimum absolute atomic E-state index is 0.0719. The van der Waals surface area contributed by atoms with Crippen molar-refractivity contribution in [3.05, 3.63) is 22.2 Å². The van der Waals surface area contributed by atoms with E-state index in [1.807, 2.05) is 0 Å². The third kappa shape index (κ3) is 2.88. The molecule has 5 nitrogen and oxygen atoms in total. The minimum atomic E-state index is -0.385. The number of hydrogen-bond donors (Lipinski definition) is 0. The smallest absolute Gasteiger partial charge is 0.301 e. The lowest BCUT2D eigenvalue weighted by Gasteiger charge is -2.08. The lowest BCUT2D eigenvalue weighted by Crippen LogP contribution is -2.00. The maximum absolute atomic E-state index is 10.9. The largest absolute Gasteiger partial charge is 0.481 e. The van der Waals surface area contributed by atoms with Gasteiger partial charge in [0.1, 0.15) is 0 Å². The first-order valence-corrected chi connectivity index (χ1v) is 6.45. The van der Waals surface area contributed by atoms with Crippen LogP contribution in [0.25, 0.3) is 0 Å². The SMILES string of the molecule is COc1ccc([N+](=O)[O-])c(SC2CCCC2)n1. The number of thioether (sulfide) groups is 1. The Balaban J connectivity index is 2.24. The van der Waals surface area contributed by atoms with Crippen molar-refractivity contribution in [2.45, 2.75) is 36.0 Å². The Kier molecular flexibility index (Phi) is 3.83. The van der Waals surface area contributed by atoms with E-state index < -0.39 is 0 Å². The van der Waals surface area contributed by atoms with Crippen molar-refractivity contribution in [2.24, 2.45) is 0 Å². The van der Waals surface area contributed by atoms with Crippen LogP contribution in [0.2, 0.25) is 0 Å². The molecule has 1 saturated carbocycles. The van der Waals surface area contributed by atoms with Crippen molar-refractivity contribution in [3.8, 4) is 5.88 Å². The van der Waals surface area contributed by atoms with Crippen LogP contribution in [0.3, 0.4) is 0 Å². The number of nitro groups is 1. The average Bonchev–Trinajstić information content (AvgIpc) is 2.81. The fraction of sp³-hybridized carbons (Fsp3) is 0.545. The Bertz CT molecular complexity index is 419. The molecule has 1 aromatic heterocycles. The molecule has 1 fully saturated rings. The van der Waals surface area contributed by atoms with E-state index in [0.717, 1.165) is 12.8 Å². The van der Waals surface area contributed by atoms with Gasteiger partial charge in [-0.3, -0.25) is 10.1 Å². The number of hydrogen-bond acceptors (Lipinski definition) is 5. The second-order valence-corrected chi connectivity index (χ2v) is 5.25. The summed E-state index contributed by atoms with van der Waals surface area (Å²) in [6, 6.07) is 2.99. The Labute approximate surface area is 104 Å². The van der Waals surface area contributed by atoms with E-state index in [9.17, 15) is 10.1 Å². The molecule has 1 heterocycles. The van der Waals surface area contributed by atoms with Gasteiger partial charge >= 0.3 is 5.69 Å². The first-order chi connectivity index (χ1) is 8.20. The van der Waals surface area contributed by atoms with Crippen LogP contribution < -0.4 is 4.74 Å². The predicted octanol–water partition coefficient (Wildman–Crippen LogP) is 3.03. The van der Waals surface area contributed by atoms with Crippen molar-refractivity contribution in [2.75, 3.05) is 7.11 Å². The summed E-state index contributed by atoms with van der Waals surface area (Å²) in [6.45, 7) is 0. The predicted molar refractivity (Wildman–Crippen MR) is 65.6 cm³/mol. The van der Waals surface area contributed by atoms with Crippen LogP contribution in [0.15, 0.2) is 17.2 Å². The Hall–Kier alpha value is -1.30. The van der Waals surface area contributed by atoms with Crippen LogP contribution in [-0.4, -0.2) is 22.3 Å². The van der Waals surface area contributed by atoms with Crippen LogP contribution >= 0.6 is 11.8 Å². The number of aromatic nitrogens is 1. The van der Waals surface area contributed by atoms with E-state index in [2.05, 4.69) is 4.98 Å². The zero-order valence-electron chi connectivity index (χ0n) is 9.59. The number of rotatable bonds is 4. The Morgan fingerprint density at radius 1 is 1.47 bits per heavy atom. The standard InChI is InChI=1S/C11H14N2O3S/c1-16-10-7-6-9(13(14)15)11(12-10)17-8-4-2-3-5-8/h6-8H,2-5H2,1H3. The first-order valence-electron chi connectivity index (χ1n) is 5.57. The summed E-state index contributed by atoms with van der Waals surface area (Å²) in [5.74, 6) is 0.427. The highest BCUT2D eigenvalue weighted by atomic mass is 32.2. The van der Waals surface area contributed by atoms with Gasteiger partial charge in [0.2, 0.25) is 5.88 Å². The summed E-state index contributed by atoms with van der Waals surface area (Å²) >= 11 is 1.50. The molecule has 92 valence electrons. The van der Waals surface area contributed by atoms with E-state index in [0.29, 0.717) is 16.2 Å². The molecule has 0 N–H and O–H groups in total. The fourth-order valence-electron chi connectivity index (χ4n) is 1.92. The second kappa shape index (κ2) is 5.35. The highest BCUT2D eigenvalue weighted by Gasteiger charge is 2.23. The van der Waals surface area contributed by atoms with E-state index in [4.69, 9.17) is 4.74 Å². The van der Waals surface area contributed by atoms with Crippen LogP contribution in [0.5, 0.6) is 5.88 Å². The molecule has 1 aliphatic rings. The summed E-state index contributed by atoms with van der Waals surface area (Å²) in [4.78, 5) is 14.7. The van der Waals surface area contributed by atoms with Gasteiger partial charge in [-0.15, -0.1) is 0 Å². The molecule has 17 heavy (non-hydrogen) atoms. The normalized spacial score (nSPS) is 16.1. The number of nitrogens with zero attached hydrogens (tertiary/aromatic N) is 2. The van der Waals surface area contributed by atoms with E-state index in [1.165, 1.54) is 43.8 Å². The summed E-state index contributed by atoms with van der Waals surface area (Å²) in [7, 11) is 1.51. The quantitative estimate of drug-likeness (QED) is 0.610. The Morgan fingerprint density at radius 2 is 2.18 bits per heavy atom. The van der Waals surface area contributed by atoms with Crippen LogP contribution in [0, 0.1) is 10.1 Å². The molecule has 0 bridgehead atoms. The highest BCUT2D eigenvalue weighted by Crippen LogP contribution is 2.38. The van der Waals surface area contributed by atoms with E-state index in [-0.39, 0.29) is 10.6 Å². The van der Waals surface area contributed by atoms with Crippen molar-refractivity contribution in [1.82, 2.24) is 4.98 Å². The minimum Gasteiger partial charge on any atom is -0.481 e. The van der Waals surface area contributed by atoms with Gasteiger partial charge in [-0.25, -0.2) is 0 Å². The topological polar surface area (TPSA) is 65.3 Å². The van der Waals surface area contributed by atoms with Gasteiger partial charge in [-0.05, 0) is 12.8 Å². The molecule has 0 radical (unpaired) electrons. The zero-order valence-corrected chi connectivity index (χ0v) is 10.4.